The molecular weight excluding hydrogens is 516 g/mol. The SMILES string of the molecule is CCCCCCCCCCCCCCCCCCNC(=O)[C@H](CCCN=C(N)N)NC(=O)[C@H](CC(C)C)NC(C)=O. The van der Waals surface area contributed by atoms with Crippen molar-refractivity contribution in [3.63, 3.8) is 0 Å². The molecule has 240 valence electrons. The van der Waals surface area contributed by atoms with Crippen molar-refractivity contribution in [3.8, 4) is 0 Å². The molecule has 2 atom stereocenters. The molecule has 0 aromatic heterocycles. The summed E-state index contributed by atoms with van der Waals surface area (Å²) >= 11 is 0. The van der Waals surface area contributed by atoms with Gasteiger partial charge in [-0.25, -0.2) is 0 Å². The van der Waals surface area contributed by atoms with Crippen LogP contribution in [0.15, 0.2) is 4.99 Å². The first kappa shape index (κ1) is 38.7. The summed E-state index contributed by atoms with van der Waals surface area (Å²) in [5, 5.41) is 8.53. The molecule has 41 heavy (non-hydrogen) atoms. The fraction of sp³-hybridized carbons (Fsp3) is 0.875. The number of hydrogen-bond acceptors (Lipinski definition) is 4. The molecule has 0 aromatic carbocycles. The number of guanidine groups is 1. The molecule has 0 aromatic rings. The Morgan fingerprint density at radius 3 is 1.59 bits per heavy atom. The van der Waals surface area contributed by atoms with Gasteiger partial charge < -0.3 is 27.4 Å². The molecule has 0 aliphatic rings. The van der Waals surface area contributed by atoms with Gasteiger partial charge >= 0.3 is 0 Å². The molecule has 0 bridgehead atoms. The summed E-state index contributed by atoms with van der Waals surface area (Å²) < 4.78 is 0. The number of aliphatic imine (C=N–C) groups is 1. The highest BCUT2D eigenvalue weighted by Gasteiger charge is 2.26. The molecule has 3 amide bonds. The van der Waals surface area contributed by atoms with Crippen molar-refractivity contribution in [2.24, 2.45) is 22.4 Å². The van der Waals surface area contributed by atoms with E-state index in [0.29, 0.717) is 32.4 Å². The molecule has 0 unspecified atom stereocenters. The lowest BCUT2D eigenvalue weighted by molar-refractivity contribution is -0.132. The van der Waals surface area contributed by atoms with Crippen molar-refractivity contribution in [2.75, 3.05) is 13.1 Å². The van der Waals surface area contributed by atoms with Crippen molar-refractivity contribution in [1.29, 1.82) is 0 Å². The van der Waals surface area contributed by atoms with Gasteiger partial charge in [0.05, 0.1) is 0 Å². The number of hydrogen-bond donors (Lipinski definition) is 5. The number of rotatable bonds is 27. The van der Waals surface area contributed by atoms with Gasteiger partial charge in [-0.3, -0.25) is 19.4 Å². The van der Waals surface area contributed by atoms with Crippen LogP contribution in [0.25, 0.3) is 0 Å². The third kappa shape index (κ3) is 25.1. The Balaban J connectivity index is 4.24. The second-order valence-corrected chi connectivity index (χ2v) is 12.0. The van der Waals surface area contributed by atoms with E-state index in [-0.39, 0.29) is 29.6 Å². The maximum atomic E-state index is 12.9. The second kappa shape index (κ2) is 26.6. The minimum absolute atomic E-state index is 0.00110. The summed E-state index contributed by atoms with van der Waals surface area (Å²) in [6.45, 7) is 8.59. The predicted octanol–water partition coefficient (Wildman–Crippen LogP) is 5.45. The standard InChI is InChI=1S/C32H64N6O3/c1-5-6-7-8-9-10-11-12-13-14-15-16-17-18-19-20-23-35-30(40)28(22-21-24-36-32(33)34)38-31(41)29(25-26(2)3)37-27(4)39/h26,28-29H,5-25H2,1-4H3,(H,35,40)(H,37,39)(H,38,41)(H4,33,34,36)/t28-,29-/m0/s1. The number of carbonyl (C=O) groups excluding carboxylic acids is 3. The lowest BCUT2D eigenvalue weighted by atomic mass is 10.0. The van der Waals surface area contributed by atoms with Crippen LogP contribution >= 0.6 is 0 Å². The van der Waals surface area contributed by atoms with Gasteiger partial charge in [0, 0.05) is 20.0 Å². The average Bonchev–Trinajstić information content (AvgIpc) is 2.90. The number of unbranched alkanes of at least 4 members (excludes halogenated alkanes) is 15. The summed E-state index contributed by atoms with van der Waals surface area (Å²) in [5.41, 5.74) is 10.8. The monoisotopic (exact) mass is 581 g/mol. The molecule has 9 heteroatoms. The van der Waals surface area contributed by atoms with E-state index >= 15 is 0 Å². The van der Waals surface area contributed by atoms with Crippen LogP contribution in [-0.2, 0) is 14.4 Å². The maximum Gasteiger partial charge on any atom is 0.243 e. The predicted molar refractivity (Wildman–Crippen MR) is 171 cm³/mol. The third-order valence-corrected chi connectivity index (χ3v) is 7.31. The first-order valence-electron chi connectivity index (χ1n) is 16.6. The van der Waals surface area contributed by atoms with E-state index in [9.17, 15) is 14.4 Å². The zero-order valence-corrected chi connectivity index (χ0v) is 26.9. The molecule has 0 fully saturated rings. The van der Waals surface area contributed by atoms with E-state index in [0.717, 1.165) is 12.8 Å². The van der Waals surface area contributed by atoms with Crippen LogP contribution in [0.5, 0.6) is 0 Å². The third-order valence-electron chi connectivity index (χ3n) is 7.31. The molecule has 7 N–H and O–H groups in total. The van der Waals surface area contributed by atoms with Gasteiger partial charge in [0.15, 0.2) is 5.96 Å². The summed E-state index contributed by atoms with van der Waals surface area (Å²) in [5.74, 6) is -0.626. The number of carbonyl (C=O) groups is 3. The number of nitrogens with one attached hydrogen (secondary N) is 3. The first-order chi connectivity index (χ1) is 19.7. The number of nitrogens with zero attached hydrogens (tertiary/aromatic N) is 1. The minimum Gasteiger partial charge on any atom is -0.370 e. The zero-order valence-electron chi connectivity index (χ0n) is 26.9. The van der Waals surface area contributed by atoms with Crippen molar-refractivity contribution < 1.29 is 14.4 Å². The Kier molecular flexibility index (Phi) is 25.1. The summed E-state index contributed by atoms with van der Waals surface area (Å²) in [7, 11) is 0. The molecule has 0 aliphatic carbocycles. The highest BCUT2D eigenvalue weighted by atomic mass is 16.2. The van der Waals surface area contributed by atoms with E-state index in [1.807, 2.05) is 13.8 Å². The summed E-state index contributed by atoms with van der Waals surface area (Å²) in [6, 6.07) is -1.39. The van der Waals surface area contributed by atoms with Gasteiger partial charge in [-0.05, 0) is 31.6 Å². The Hall–Kier alpha value is -2.32. The van der Waals surface area contributed by atoms with Gasteiger partial charge in [-0.15, -0.1) is 0 Å². The molecular formula is C32H64N6O3. The van der Waals surface area contributed by atoms with Gasteiger partial charge in [0.25, 0.3) is 0 Å². The molecule has 0 radical (unpaired) electrons. The zero-order chi connectivity index (χ0) is 30.7. The Morgan fingerprint density at radius 1 is 0.659 bits per heavy atom. The van der Waals surface area contributed by atoms with Crippen LogP contribution in [0.3, 0.4) is 0 Å². The quantitative estimate of drug-likeness (QED) is 0.0497. The first-order valence-corrected chi connectivity index (χ1v) is 16.6. The normalized spacial score (nSPS) is 12.5. The molecule has 0 saturated carbocycles. The lowest BCUT2D eigenvalue weighted by Crippen LogP contribution is -2.54. The fourth-order valence-corrected chi connectivity index (χ4v) is 5.00. The molecule has 0 aliphatic heterocycles. The average molecular weight is 581 g/mol. The molecule has 9 nitrogen and oxygen atoms in total. The second-order valence-electron chi connectivity index (χ2n) is 12.0. The Bertz CT molecular complexity index is 710. The highest BCUT2D eigenvalue weighted by molar-refractivity contribution is 5.91. The number of nitrogens with two attached hydrogens (primary N) is 2. The van der Waals surface area contributed by atoms with Crippen molar-refractivity contribution in [3.05, 3.63) is 0 Å². The molecule has 0 heterocycles. The van der Waals surface area contributed by atoms with Gasteiger partial charge in [0.2, 0.25) is 17.7 Å². The van der Waals surface area contributed by atoms with Gasteiger partial charge in [-0.2, -0.15) is 0 Å². The van der Waals surface area contributed by atoms with Crippen LogP contribution < -0.4 is 27.4 Å². The smallest absolute Gasteiger partial charge is 0.243 e. The van der Waals surface area contributed by atoms with Gasteiger partial charge in [-0.1, -0.05) is 117 Å². The molecule has 0 spiro atoms. The number of amides is 3. The minimum atomic E-state index is -0.707. The largest absolute Gasteiger partial charge is 0.370 e. The fourth-order valence-electron chi connectivity index (χ4n) is 5.00. The molecule has 0 rings (SSSR count). The Morgan fingerprint density at radius 2 is 1.15 bits per heavy atom. The van der Waals surface area contributed by atoms with Crippen LogP contribution in [-0.4, -0.2) is 48.9 Å². The van der Waals surface area contributed by atoms with Crippen molar-refractivity contribution in [1.82, 2.24) is 16.0 Å². The van der Waals surface area contributed by atoms with Crippen LogP contribution in [0, 0.1) is 5.92 Å². The van der Waals surface area contributed by atoms with Crippen LogP contribution in [0.2, 0.25) is 0 Å². The van der Waals surface area contributed by atoms with Crippen molar-refractivity contribution in [2.45, 2.75) is 162 Å². The van der Waals surface area contributed by atoms with E-state index in [1.165, 1.54) is 96.8 Å². The van der Waals surface area contributed by atoms with E-state index in [4.69, 9.17) is 11.5 Å². The van der Waals surface area contributed by atoms with Crippen molar-refractivity contribution >= 4 is 23.7 Å². The molecule has 0 saturated heterocycles. The summed E-state index contributed by atoms with van der Waals surface area (Å²) in [4.78, 5) is 41.4. The lowest BCUT2D eigenvalue weighted by Gasteiger charge is -2.24. The van der Waals surface area contributed by atoms with E-state index < -0.39 is 12.1 Å². The van der Waals surface area contributed by atoms with E-state index in [1.54, 1.807) is 0 Å². The highest BCUT2D eigenvalue weighted by Crippen LogP contribution is 2.14. The Labute approximate surface area is 251 Å². The van der Waals surface area contributed by atoms with Crippen LogP contribution in [0.1, 0.15) is 150 Å². The maximum absolute atomic E-state index is 12.9. The van der Waals surface area contributed by atoms with E-state index in [2.05, 4.69) is 27.9 Å². The topological polar surface area (TPSA) is 152 Å². The van der Waals surface area contributed by atoms with Crippen LogP contribution in [0.4, 0.5) is 0 Å². The van der Waals surface area contributed by atoms with Gasteiger partial charge in [0.1, 0.15) is 12.1 Å². The summed E-state index contributed by atoms with van der Waals surface area (Å²) in [6.07, 6.45) is 22.3.